The van der Waals surface area contributed by atoms with Gasteiger partial charge in [0, 0.05) is 26.1 Å². The summed E-state index contributed by atoms with van der Waals surface area (Å²) in [5.41, 5.74) is 1.45. The molecule has 3 heterocycles. The van der Waals surface area contributed by atoms with Gasteiger partial charge in [-0.25, -0.2) is 4.98 Å². The third-order valence-corrected chi connectivity index (χ3v) is 5.25. The molecule has 4 rings (SSSR count). The normalized spacial score (nSPS) is 16.7. The lowest BCUT2D eigenvalue weighted by molar-refractivity contribution is -0.120. The molecule has 1 fully saturated rings. The van der Waals surface area contributed by atoms with Gasteiger partial charge in [0.2, 0.25) is 5.91 Å². The first-order valence-electron chi connectivity index (χ1n) is 9.66. The predicted octanol–water partition coefficient (Wildman–Crippen LogP) is 1.44. The number of nitrogens with one attached hydrogen (secondary N) is 2. The number of nitrogens with zero attached hydrogens (tertiary/aromatic N) is 4. The van der Waals surface area contributed by atoms with Crippen LogP contribution in [0.15, 0.2) is 41.3 Å². The van der Waals surface area contributed by atoms with Gasteiger partial charge in [0.25, 0.3) is 5.56 Å². The average Bonchev–Trinajstić information content (AvgIpc) is 3.08. The summed E-state index contributed by atoms with van der Waals surface area (Å²) in [5.74, 6) is 0.776. The fourth-order valence-corrected chi connectivity index (χ4v) is 3.82. The number of aromatic amines is 1. The first-order valence-corrected chi connectivity index (χ1v) is 9.66. The predicted molar refractivity (Wildman–Crippen MR) is 106 cm³/mol. The molecule has 1 unspecified atom stereocenters. The number of rotatable bonds is 5. The number of amides is 1. The molecule has 1 aliphatic heterocycles. The standard InChI is InChI=1S/C20H24N6O2/c1-2-16(25-10-8-17(27)21-9-11-25)19-23-18-15(12-22-24-18)20(28)26(19)13-14-6-4-3-5-7-14/h3-7,12,16H,2,8-11,13H2,1H3,(H,21,27)(H,22,24). The van der Waals surface area contributed by atoms with Gasteiger partial charge in [0.15, 0.2) is 5.65 Å². The van der Waals surface area contributed by atoms with Gasteiger partial charge < -0.3 is 5.32 Å². The summed E-state index contributed by atoms with van der Waals surface area (Å²) < 4.78 is 1.75. The van der Waals surface area contributed by atoms with Crippen molar-refractivity contribution in [2.75, 3.05) is 19.6 Å². The minimum atomic E-state index is -0.0972. The SMILES string of the molecule is CCC(c1nc2[nH]ncc2c(=O)n1Cc1ccccc1)N1CCNC(=O)CC1. The third kappa shape index (κ3) is 3.55. The van der Waals surface area contributed by atoms with Crippen LogP contribution in [-0.4, -0.2) is 50.2 Å². The number of aromatic nitrogens is 4. The van der Waals surface area contributed by atoms with Crippen LogP contribution < -0.4 is 10.9 Å². The summed E-state index contributed by atoms with van der Waals surface area (Å²) in [6.45, 7) is 4.51. The zero-order valence-corrected chi connectivity index (χ0v) is 15.9. The Morgan fingerprint density at radius 2 is 2.00 bits per heavy atom. The van der Waals surface area contributed by atoms with Gasteiger partial charge in [0.1, 0.15) is 11.2 Å². The largest absolute Gasteiger partial charge is 0.355 e. The molecule has 1 atom stereocenters. The summed E-state index contributed by atoms with van der Waals surface area (Å²) in [5, 5.41) is 10.2. The Kier molecular flexibility index (Phi) is 5.21. The zero-order chi connectivity index (χ0) is 19.5. The average molecular weight is 380 g/mol. The van der Waals surface area contributed by atoms with Crippen LogP contribution in [0.25, 0.3) is 11.0 Å². The Labute approximate surface area is 162 Å². The van der Waals surface area contributed by atoms with Gasteiger partial charge in [0.05, 0.1) is 18.8 Å². The maximum Gasteiger partial charge on any atom is 0.265 e. The Morgan fingerprint density at radius 3 is 2.79 bits per heavy atom. The monoisotopic (exact) mass is 380 g/mol. The molecular formula is C20H24N6O2. The number of carbonyl (C=O) groups excluding carboxylic acids is 1. The minimum Gasteiger partial charge on any atom is -0.355 e. The van der Waals surface area contributed by atoms with Crippen LogP contribution in [-0.2, 0) is 11.3 Å². The van der Waals surface area contributed by atoms with E-state index in [0.29, 0.717) is 42.9 Å². The van der Waals surface area contributed by atoms with Crippen molar-refractivity contribution in [3.8, 4) is 0 Å². The molecule has 8 nitrogen and oxygen atoms in total. The quantitative estimate of drug-likeness (QED) is 0.698. The minimum absolute atomic E-state index is 0.0585. The lowest BCUT2D eigenvalue weighted by Gasteiger charge is -2.30. The molecule has 3 aromatic rings. The van der Waals surface area contributed by atoms with Crippen LogP contribution in [0.4, 0.5) is 0 Å². The van der Waals surface area contributed by atoms with Gasteiger partial charge in [-0.1, -0.05) is 37.3 Å². The maximum atomic E-state index is 13.2. The smallest absolute Gasteiger partial charge is 0.265 e. The van der Waals surface area contributed by atoms with Gasteiger partial charge in [-0.2, -0.15) is 5.10 Å². The molecule has 8 heteroatoms. The number of benzene rings is 1. The molecule has 0 radical (unpaired) electrons. The highest BCUT2D eigenvalue weighted by Crippen LogP contribution is 2.24. The Balaban J connectivity index is 1.80. The lowest BCUT2D eigenvalue weighted by Crippen LogP contribution is -2.37. The van der Waals surface area contributed by atoms with E-state index in [0.717, 1.165) is 18.5 Å². The Hall–Kier alpha value is -3.00. The van der Waals surface area contributed by atoms with E-state index in [2.05, 4.69) is 27.3 Å². The highest BCUT2D eigenvalue weighted by Gasteiger charge is 2.27. The molecule has 28 heavy (non-hydrogen) atoms. The zero-order valence-electron chi connectivity index (χ0n) is 15.9. The number of fused-ring (bicyclic) bond motifs is 1. The van der Waals surface area contributed by atoms with E-state index >= 15 is 0 Å². The second-order valence-electron chi connectivity index (χ2n) is 7.04. The van der Waals surface area contributed by atoms with Crippen LogP contribution in [0.1, 0.15) is 37.2 Å². The van der Waals surface area contributed by atoms with E-state index in [1.54, 1.807) is 4.57 Å². The third-order valence-electron chi connectivity index (χ3n) is 5.25. The van der Waals surface area contributed by atoms with Crippen molar-refractivity contribution >= 4 is 16.9 Å². The van der Waals surface area contributed by atoms with Crippen LogP contribution in [0.2, 0.25) is 0 Å². The molecule has 0 saturated carbocycles. The van der Waals surface area contributed by atoms with E-state index in [9.17, 15) is 9.59 Å². The van der Waals surface area contributed by atoms with Crippen LogP contribution >= 0.6 is 0 Å². The van der Waals surface area contributed by atoms with Crippen molar-refractivity contribution in [2.45, 2.75) is 32.4 Å². The van der Waals surface area contributed by atoms with Gasteiger partial charge in [-0.3, -0.25) is 24.2 Å². The number of hydrogen-bond donors (Lipinski definition) is 2. The van der Waals surface area contributed by atoms with Crippen molar-refractivity contribution in [2.24, 2.45) is 0 Å². The second kappa shape index (κ2) is 7.93. The van der Waals surface area contributed by atoms with Crippen molar-refractivity contribution in [1.29, 1.82) is 0 Å². The molecular weight excluding hydrogens is 356 g/mol. The molecule has 1 aliphatic rings. The van der Waals surface area contributed by atoms with Crippen molar-refractivity contribution in [1.82, 2.24) is 30.0 Å². The van der Waals surface area contributed by atoms with Crippen molar-refractivity contribution in [3.05, 3.63) is 58.3 Å². The second-order valence-corrected chi connectivity index (χ2v) is 7.04. The summed E-state index contributed by atoms with van der Waals surface area (Å²) in [7, 11) is 0. The first-order chi connectivity index (χ1) is 13.7. The lowest BCUT2D eigenvalue weighted by atomic mass is 10.1. The molecule has 0 bridgehead atoms. The fraction of sp³-hybridized carbons (Fsp3) is 0.400. The number of hydrogen-bond acceptors (Lipinski definition) is 5. The Morgan fingerprint density at radius 1 is 1.18 bits per heavy atom. The molecule has 146 valence electrons. The van der Waals surface area contributed by atoms with Gasteiger partial charge in [-0.05, 0) is 12.0 Å². The first kappa shape index (κ1) is 18.4. The van der Waals surface area contributed by atoms with E-state index in [-0.39, 0.29) is 17.5 Å². The maximum absolute atomic E-state index is 13.2. The van der Waals surface area contributed by atoms with Crippen LogP contribution in [0, 0.1) is 0 Å². The summed E-state index contributed by atoms with van der Waals surface area (Å²) >= 11 is 0. The van der Waals surface area contributed by atoms with Crippen LogP contribution in [0.3, 0.4) is 0 Å². The molecule has 0 aliphatic carbocycles. The molecule has 1 aromatic carbocycles. The molecule has 1 saturated heterocycles. The molecule has 0 spiro atoms. The molecule has 2 N–H and O–H groups in total. The van der Waals surface area contributed by atoms with E-state index < -0.39 is 0 Å². The number of H-pyrrole nitrogens is 1. The summed E-state index contributed by atoms with van der Waals surface area (Å²) in [6.07, 6.45) is 2.77. The molecule has 1 amide bonds. The van der Waals surface area contributed by atoms with Gasteiger partial charge in [-0.15, -0.1) is 0 Å². The topological polar surface area (TPSA) is 95.9 Å². The summed E-state index contributed by atoms with van der Waals surface area (Å²) in [4.78, 5) is 32.0. The highest BCUT2D eigenvalue weighted by molar-refractivity contribution is 5.76. The van der Waals surface area contributed by atoms with Gasteiger partial charge >= 0.3 is 0 Å². The summed E-state index contributed by atoms with van der Waals surface area (Å²) in [6, 6.07) is 9.84. The molecule has 2 aromatic heterocycles. The van der Waals surface area contributed by atoms with E-state index in [1.807, 2.05) is 30.3 Å². The van der Waals surface area contributed by atoms with E-state index in [1.165, 1.54) is 6.20 Å². The Bertz CT molecular complexity index is 1030. The van der Waals surface area contributed by atoms with Crippen LogP contribution in [0.5, 0.6) is 0 Å². The van der Waals surface area contributed by atoms with Crippen molar-refractivity contribution in [3.63, 3.8) is 0 Å². The highest BCUT2D eigenvalue weighted by atomic mass is 16.1. The fourth-order valence-electron chi connectivity index (χ4n) is 3.82. The van der Waals surface area contributed by atoms with E-state index in [4.69, 9.17) is 4.98 Å². The van der Waals surface area contributed by atoms with Crippen molar-refractivity contribution < 1.29 is 4.79 Å². The number of carbonyl (C=O) groups is 1.